The van der Waals surface area contributed by atoms with Crippen LogP contribution in [0, 0.1) is 17.1 Å². The molecule has 0 aliphatic rings. The maximum absolute atomic E-state index is 13.2. The van der Waals surface area contributed by atoms with Crippen LogP contribution < -0.4 is 5.32 Å². The van der Waals surface area contributed by atoms with Crippen molar-refractivity contribution in [1.82, 2.24) is 5.16 Å². The Kier molecular flexibility index (Phi) is 3.06. The molecular weight excluding hydrogens is 277 g/mol. The van der Waals surface area contributed by atoms with Crippen LogP contribution in [0.1, 0.15) is 6.42 Å². The van der Waals surface area contributed by atoms with Crippen molar-refractivity contribution in [2.45, 2.75) is 6.42 Å². The van der Waals surface area contributed by atoms with Crippen molar-refractivity contribution < 1.29 is 8.91 Å². The van der Waals surface area contributed by atoms with E-state index in [1.54, 1.807) is 6.07 Å². The van der Waals surface area contributed by atoms with Gasteiger partial charge in [0.15, 0.2) is 11.4 Å². The molecule has 1 heterocycles. The summed E-state index contributed by atoms with van der Waals surface area (Å²) in [7, 11) is 0. The SMILES string of the molecule is N#CCCNc1noc2cc(F)c(Br)cc12. The van der Waals surface area contributed by atoms with Crippen LogP contribution in [0.3, 0.4) is 0 Å². The van der Waals surface area contributed by atoms with E-state index in [4.69, 9.17) is 9.78 Å². The number of halogens is 2. The predicted octanol–water partition coefficient (Wildman–Crippen LogP) is 3.05. The van der Waals surface area contributed by atoms with Gasteiger partial charge < -0.3 is 9.84 Å². The summed E-state index contributed by atoms with van der Waals surface area (Å²) in [5.41, 5.74) is 0.375. The van der Waals surface area contributed by atoms with Crippen molar-refractivity contribution in [2.24, 2.45) is 0 Å². The molecule has 0 aliphatic heterocycles. The minimum atomic E-state index is -0.396. The van der Waals surface area contributed by atoms with Crippen molar-refractivity contribution in [3.8, 4) is 6.07 Å². The number of nitrogens with zero attached hydrogens (tertiary/aromatic N) is 2. The molecule has 1 N–H and O–H groups in total. The van der Waals surface area contributed by atoms with E-state index in [-0.39, 0.29) is 0 Å². The van der Waals surface area contributed by atoms with E-state index >= 15 is 0 Å². The summed E-state index contributed by atoms with van der Waals surface area (Å²) < 4.78 is 18.5. The minimum absolute atomic E-state index is 0.353. The summed E-state index contributed by atoms with van der Waals surface area (Å²) in [6.45, 7) is 0.479. The zero-order chi connectivity index (χ0) is 11.5. The molecule has 2 aromatic rings. The van der Waals surface area contributed by atoms with Gasteiger partial charge in [-0.05, 0) is 22.0 Å². The fourth-order valence-electron chi connectivity index (χ4n) is 1.30. The van der Waals surface area contributed by atoms with Gasteiger partial charge in [-0.25, -0.2) is 4.39 Å². The Morgan fingerprint density at radius 2 is 2.38 bits per heavy atom. The quantitative estimate of drug-likeness (QED) is 0.880. The summed E-state index contributed by atoms with van der Waals surface area (Å²) in [6, 6.07) is 4.87. The number of benzene rings is 1. The van der Waals surface area contributed by atoms with E-state index in [0.717, 1.165) is 0 Å². The smallest absolute Gasteiger partial charge is 0.177 e. The lowest BCUT2D eigenvalue weighted by atomic mass is 10.2. The molecule has 0 atom stereocenters. The third-order valence-corrected chi connectivity index (χ3v) is 2.65. The van der Waals surface area contributed by atoms with Crippen LogP contribution in [0.2, 0.25) is 0 Å². The number of nitriles is 1. The van der Waals surface area contributed by atoms with E-state index in [0.29, 0.717) is 34.2 Å². The molecule has 0 aliphatic carbocycles. The Morgan fingerprint density at radius 1 is 1.56 bits per heavy atom. The van der Waals surface area contributed by atoms with Gasteiger partial charge in [-0.1, -0.05) is 5.16 Å². The maximum Gasteiger partial charge on any atom is 0.177 e. The Bertz CT molecular complexity index is 561. The monoisotopic (exact) mass is 283 g/mol. The number of fused-ring (bicyclic) bond motifs is 1. The highest BCUT2D eigenvalue weighted by atomic mass is 79.9. The van der Waals surface area contributed by atoms with Crippen LogP contribution in [-0.4, -0.2) is 11.7 Å². The number of aromatic nitrogens is 1. The first kappa shape index (κ1) is 10.9. The molecule has 0 unspecified atom stereocenters. The number of rotatable bonds is 3. The molecule has 82 valence electrons. The first-order valence-corrected chi connectivity index (χ1v) is 5.37. The summed E-state index contributed by atoms with van der Waals surface area (Å²) >= 11 is 3.09. The molecule has 1 aromatic carbocycles. The number of anilines is 1. The van der Waals surface area contributed by atoms with Gasteiger partial charge in [-0.3, -0.25) is 0 Å². The van der Waals surface area contributed by atoms with E-state index < -0.39 is 5.82 Å². The zero-order valence-electron chi connectivity index (χ0n) is 8.13. The van der Waals surface area contributed by atoms with Gasteiger partial charge in [0.25, 0.3) is 0 Å². The first-order chi connectivity index (χ1) is 7.72. The largest absolute Gasteiger partial charge is 0.366 e. The third kappa shape index (κ3) is 1.99. The molecule has 2 rings (SSSR count). The molecule has 6 heteroatoms. The lowest BCUT2D eigenvalue weighted by Crippen LogP contribution is -2.00. The second-order valence-corrected chi connectivity index (χ2v) is 3.98. The van der Waals surface area contributed by atoms with Crippen LogP contribution in [-0.2, 0) is 0 Å². The molecule has 0 saturated heterocycles. The van der Waals surface area contributed by atoms with Gasteiger partial charge in [0.1, 0.15) is 5.82 Å². The van der Waals surface area contributed by atoms with Crippen molar-refractivity contribution in [3.05, 3.63) is 22.4 Å². The second-order valence-electron chi connectivity index (χ2n) is 3.13. The summed E-state index contributed by atoms with van der Waals surface area (Å²) in [5.74, 6) is 0.123. The molecule has 0 radical (unpaired) electrons. The predicted molar refractivity (Wildman–Crippen MR) is 60.4 cm³/mol. The normalized spacial score (nSPS) is 10.3. The average Bonchev–Trinajstić information content (AvgIpc) is 2.63. The molecule has 4 nitrogen and oxygen atoms in total. The number of hydrogen-bond acceptors (Lipinski definition) is 4. The number of hydrogen-bond donors (Lipinski definition) is 1. The van der Waals surface area contributed by atoms with Gasteiger partial charge >= 0.3 is 0 Å². The fourth-order valence-corrected chi connectivity index (χ4v) is 1.64. The second kappa shape index (κ2) is 4.49. The Morgan fingerprint density at radius 3 is 3.12 bits per heavy atom. The standard InChI is InChI=1S/C10H7BrFN3O/c11-7-4-6-9(5-8(7)12)16-15-10(6)14-3-1-2-13/h4-5H,1,3H2,(H,14,15). The highest BCUT2D eigenvalue weighted by Crippen LogP contribution is 2.28. The van der Waals surface area contributed by atoms with Crippen LogP contribution in [0.4, 0.5) is 10.2 Å². The maximum atomic E-state index is 13.2. The average molecular weight is 284 g/mol. The highest BCUT2D eigenvalue weighted by molar-refractivity contribution is 9.10. The van der Waals surface area contributed by atoms with Crippen LogP contribution >= 0.6 is 15.9 Å². The fraction of sp³-hybridized carbons (Fsp3) is 0.200. The molecule has 1 aromatic heterocycles. The summed E-state index contributed by atoms with van der Waals surface area (Å²) in [4.78, 5) is 0. The first-order valence-electron chi connectivity index (χ1n) is 4.57. The van der Waals surface area contributed by atoms with E-state index in [1.165, 1.54) is 6.07 Å². The molecule has 0 saturated carbocycles. The summed E-state index contributed by atoms with van der Waals surface area (Å²) in [5, 5.41) is 15.8. The zero-order valence-corrected chi connectivity index (χ0v) is 9.71. The molecular formula is C10H7BrFN3O. The van der Waals surface area contributed by atoms with Crippen molar-refractivity contribution in [2.75, 3.05) is 11.9 Å². The molecule has 0 bridgehead atoms. The topological polar surface area (TPSA) is 61.9 Å². The van der Waals surface area contributed by atoms with E-state index in [1.807, 2.05) is 6.07 Å². The van der Waals surface area contributed by atoms with Crippen LogP contribution in [0.15, 0.2) is 21.1 Å². The van der Waals surface area contributed by atoms with Crippen molar-refractivity contribution in [1.29, 1.82) is 5.26 Å². The third-order valence-electron chi connectivity index (χ3n) is 2.04. The Balaban J connectivity index is 2.33. The van der Waals surface area contributed by atoms with Crippen molar-refractivity contribution in [3.63, 3.8) is 0 Å². The van der Waals surface area contributed by atoms with Gasteiger partial charge in [0.2, 0.25) is 0 Å². The minimum Gasteiger partial charge on any atom is -0.366 e. The lowest BCUT2D eigenvalue weighted by Gasteiger charge is -1.98. The summed E-state index contributed by atoms with van der Waals surface area (Å²) in [6.07, 6.45) is 0.372. The van der Waals surface area contributed by atoms with E-state index in [9.17, 15) is 4.39 Å². The van der Waals surface area contributed by atoms with Crippen LogP contribution in [0.25, 0.3) is 11.0 Å². The van der Waals surface area contributed by atoms with Gasteiger partial charge in [0.05, 0.1) is 22.3 Å². The number of nitrogens with one attached hydrogen (secondary N) is 1. The van der Waals surface area contributed by atoms with Crippen molar-refractivity contribution >= 4 is 32.7 Å². The van der Waals surface area contributed by atoms with Crippen LogP contribution in [0.5, 0.6) is 0 Å². The van der Waals surface area contributed by atoms with E-state index in [2.05, 4.69) is 26.4 Å². The van der Waals surface area contributed by atoms with Gasteiger partial charge in [0, 0.05) is 12.6 Å². The molecule has 0 spiro atoms. The molecule has 16 heavy (non-hydrogen) atoms. The lowest BCUT2D eigenvalue weighted by molar-refractivity contribution is 0.457. The molecule has 0 amide bonds. The molecule has 0 fully saturated rings. The van der Waals surface area contributed by atoms with Gasteiger partial charge in [-0.15, -0.1) is 0 Å². The Hall–Kier alpha value is -1.61. The van der Waals surface area contributed by atoms with Gasteiger partial charge in [-0.2, -0.15) is 5.26 Å². The Labute approximate surface area is 99.1 Å². The highest BCUT2D eigenvalue weighted by Gasteiger charge is 2.11.